The molecule has 1 aromatic rings. The van der Waals surface area contributed by atoms with E-state index in [4.69, 9.17) is 0 Å². The highest BCUT2D eigenvalue weighted by Gasteiger charge is 2.15. The number of hydrogen-bond donors (Lipinski definition) is 1. The van der Waals surface area contributed by atoms with Crippen LogP contribution in [0.4, 0.5) is 0 Å². The topological polar surface area (TPSA) is 32.3 Å². The molecular formula is C18H28N2O. The molecule has 1 fully saturated rings. The molecule has 0 aromatic heterocycles. The first-order valence-corrected chi connectivity index (χ1v) is 8.14. The van der Waals surface area contributed by atoms with Gasteiger partial charge in [-0.1, -0.05) is 24.6 Å². The fraction of sp³-hybridized carbons (Fsp3) is 0.611. The molecule has 21 heavy (non-hydrogen) atoms. The molecule has 0 aliphatic carbocycles. The van der Waals surface area contributed by atoms with Crippen LogP contribution in [0.3, 0.4) is 0 Å². The third-order valence-corrected chi connectivity index (χ3v) is 4.32. The molecular weight excluding hydrogens is 260 g/mol. The van der Waals surface area contributed by atoms with Crippen molar-refractivity contribution >= 4 is 5.91 Å². The number of aryl methyl sites for hydroxylation is 2. The highest BCUT2D eigenvalue weighted by Crippen LogP contribution is 2.15. The summed E-state index contributed by atoms with van der Waals surface area (Å²) in [4.78, 5) is 14.7. The van der Waals surface area contributed by atoms with Crippen molar-refractivity contribution in [2.75, 3.05) is 26.2 Å². The Labute approximate surface area is 128 Å². The molecule has 1 unspecified atom stereocenters. The summed E-state index contributed by atoms with van der Waals surface area (Å²) >= 11 is 0. The molecule has 3 nitrogen and oxygen atoms in total. The molecule has 1 aliphatic heterocycles. The van der Waals surface area contributed by atoms with E-state index in [1.165, 1.54) is 25.9 Å². The number of amides is 1. The second-order valence-electron chi connectivity index (χ2n) is 6.48. The minimum atomic E-state index is 0.0585. The van der Waals surface area contributed by atoms with E-state index in [0.717, 1.165) is 42.1 Å². The largest absolute Gasteiger partial charge is 0.352 e. The van der Waals surface area contributed by atoms with Crippen LogP contribution in [0.5, 0.6) is 0 Å². The summed E-state index contributed by atoms with van der Waals surface area (Å²) < 4.78 is 0. The van der Waals surface area contributed by atoms with E-state index in [9.17, 15) is 4.79 Å². The van der Waals surface area contributed by atoms with Gasteiger partial charge in [0.25, 0.3) is 5.91 Å². The number of carbonyl (C=O) groups excluding carboxylic acids is 1. The summed E-state index contributed by atoms with van der Waals surface area (Å²) in [6, 6.07) is 6.03. The molecule has 1 atom stereocenters. The van der Waals surface area contributed by atoms with E-state index in [1.54, 1.807) is 0 Å². The zero-order valence-electron chi connectivity index (χ0n) is 13.6. The number of benzene rings is 1. The zero-order chi connectivity index (χ0) is 15.2. The Morgan fingerprint density at radius 2 is 2.19 bits per heavy atom. The first kappa shape index (κ1) is 16.0. The van der Waals surface area contributed by atoms with Crippen molar-refractivity contribution in [3.63, 3.8) is 0 Å². The van der Waals surface area contributed by atoms with Crippen LogP contribution < -0.4 is 5.32 Å². The number of carbonyl (C=O) groups is 1. The van der Waals surface area contributed by atoms with Crippen molar-refractivity contribution in [3.05, 3.63) is 34.9 Å². The minimum absolute atomic E-state index is 0.0585. The van der Waals surface area contributed by atoms with E-state index in [2.05, 4.69) is 17.1 Å². The van der Waals surface area contributed by atoms with Crippen molar-refractivity contribution in [1.29, 1.82) is 0 Å². The van der Waals surface area contributed by atoms with Gasteiger partial charge in [0.15, 0.2) is 0 Å². The third-order valence-electron chi connectivity index (χ3n) is 4.32. The Kier molecular flexibility index (Phi) is 5.80. The molecule has 1 N–H and O–H groups in total. The molecule has 0 radical (unpaired) electrons. The Morgan fingerprint density at radius 3 is 2.95 bits per heavy atom. The maximum absolute atomic E-state index is 12.2. The van der Waals surface area contributed by atoms with Crippen molar-refractivity contribution in [2.45, 2.75) is 40.0 Å². The van der Waals surface area contributed by atoms with Crippen LogP contribution in [-0.4, -0.2) is 37.0 Å². The second kappa shape index (κ2) is 7.60. The van der Waals surface area contributed by atoms with E-state index >= 15 is 0 Å². The standard InChI is InChI=1S/C18H28N2O/c1-14-7-8-16(3)17(12-14)18(21)19-9-5-11-20-10-4-6-15(2)13-20/h7-8,12,15H,4-6,9-11,13H2,1-3H3,(H,19,21). The van der Waals surface area contributed by atoms with Crippen molar-refractivity contribution in [1.82, 2.24) is 10.2 Å². The van der Waals surface area contributed by atoms with Crippen LogP contribution in [0.1, 0.15) is 47.7 Å². The highest BCUT2D eigenvalue weighted by atomic mass is 16.1. The van der Waals surface area contributed by atoms with Crippen molar-refractivity contribution < 1.29 is 4.79 Å². The van der Waals surface area contributed by atoms with Gasteiger partial charge in [0.1, 0.15) is 0 Å². The molecule has 2 rings (SSSR count). The number of likely N-dealkylation sites (tertiary alicyclic amines) is 1. The molecule has 0 spiro atoms. The van der Waals surface area contributed by atoms with Gasteiger partial charge in [-0.25, -0.2) is 0 Å². The number of nitrogens with one attached hydrogen (secondary N) is 1. The van der Waals surface area contributed by atoms with Gasteiger partial charge in [0, 0.05) is 18.7 Å². The lowest BCUT2D eigenvalue weighted by Crippen LogP contribution is -2.36. The fourth-order valence-corrected chi connectivity index (χ4v) is 3.07. The van der Waals surface area contributed by atoms with Gasteiger partial charge in [-0.15, -0.1) is 0 Å². The zero-order valence-corrected chi connectivity index (χ0v) is 13.6. The Bertz CT molecular complexity index is 484. The fourth-order valence-electron chi connectivity index (χ4n) is 3.07. The van der Waals surface area contributed by atoms with Gasteiger partial charge >= 0.3 is 0 Å². The van der Waals surface area contributed by atoms with Gasteiger partial charge < -0.3 is 10.2 Å². The molecule has 3 heteroatoms. The third kappa shape index (κ3) is 4.85. The summed E-state index contributed by atoms with van der Waals surface area (Å²) in [5.74, 6) is 0.881. The first-order chi connectivity index (χ1) is 10.1. The predicted octanol–water partition coefficient (Wildman–Crippen LogP) is 3.16. The Morgan fingerprint density at radius 1 is 1.38 bits per heavy atom. The lowest BCUT2D eigenvalue weighted by molar-refractivity contribution is 0.0949. The van der Waals surface area contributed by atoms with E-state index < -0.39 is 0 Å². The molecule has 1 aliphatic rings. The van der Waals surface area contributed by atoms with Gasteiger partial charge in [-0.2, -0.15) is 0 Å². The number of piperidine rings is 1. The first-order valence-electron chi connectivity index (χ1n) is 8.14. The van der Waals surface area contributed by atoms with Crippen LogP contribution in [-0.2, 0) is 0 Å². The van der Waals surface area contributed by atoms with Crippen LogP contribution in [0.15, 0.2) is 18.2 Å². The number of hydrogen-bond acceptors (Lipinski definition) is 2. The van der Waals surface area contributed by atoms with Gasteiger partial charge in [-0.3, -0.25) is 4.79 Å². The molecule has 116 valence electrons. The average molecular weight is 288 g/mol. The van der Waals surface area contributed by atoms with Crippen LogP contribution >= 0.6 is 0 Å². The summed E-state index contributed by atoms with van der Waals surface area (Å²) in [6.07, 6.45) is 3.71. The molecule has 1 heterocycles. The summed E-state index contributed by atoms with van der Waals surface area (Å²) in [5, 5.41) is 3.05. The summed E-state index contributed by atoms with van der Waals surface area (Å²) in [7, 11) is 0. The van der Waals surface area contributed by atoms with E-state index in [-0.39, 0.29) is 5.91 Å². The maximum atomic E-state index is 12.2. The minimum Gasteiger partial charge on any atom is -0.352 e. The molecule has 0 bridgehead atoms. The lowest BCUT2D eigenvalue weighted by Gasteiger charge is -2.30. The highest BCUT2D eigenvalue weighted by molar-refractivity contribution is 5.95. The molecule has 1 aromatic carbocycles. The quantitative estimate of drug-likeness (QED) is 0.844. The van der Waals surface area contributed by atoms with Gasteiger partial charge in [0.05, 0.1) is 0 Å². The van der Waals surface area contributed by atoms with Crippen LogP contribution in [0.2, 0.25) is 0 Å². The number of rotatable bonds is 5. The Balaban J connectivity index is 1.73. The Hall–Kier alpha value is -1.35. The maximum Gasteiger partial charge on any atom is 0.251 e. The second-order valence-corrected chi connectivity index (χ2v) is 6.48. The van der Waals surface area contributed by atoms with E-state index in [0.29, 0.717) is 0 Å². The summed E-state index contributed by atoms with van der Waals surface area (Å²) in [6.45, 7) is 10.6. The van der Waals surface area contributed by atoms with Crippen LogP contribution in [0, 0.1) is 19.8 Å². The molecule has 1 amide bonds. The van der Waals surface area contributed by atoms with E-state index in [1.807, 2.05) is 32.0 Å². The van der Waals surface area contributed by atoms with Crippen molar-refractivity contribution in [2.24, 2.45) is 5.92 Å². The normalized spacial score (nSPS) is 19.5. The van der Waals surface area contributed by atoms with Gasteiger partial charge in [-0.05, 0) is 63.7 Å². The predicted molar refractivity (Wildman–Crippen MR) is 87.7 cm³/mol. The molecule has 1 saturated heterocycles. The van der Waals surface area contributed by atoms with Gasteiger partial charge in [0.2, 0.25) is 0 Å². The SMILES string of the molecule is Cc1ccc(C)c(C(=O)NCCCN2CCCC(C)C2)c1. The van der Waals surface area contributed by atoms with Crippen LogP contribution in [0.25, 0.3) is 0 Å². The average Bonchev–Trinajstić information content (AvgIpc) is 2.46. The lowest BCUT2D eigenvalue weighted by atomic mass is 10.0. The molecule has 0 saturated carbocycles. The summed E-state index contributed by atoms with van der Waals surface area (Å²) in [5.41, 5.74) is 2.98. The van der Waals surface area contributed by atoms with Crippen molar-refractivity contribution in [3.8, 4) is 0 Å². The number of nitrogens with zero attached hydrogens (tertiary/aromatic N) is 1. The monoisotopic (exact) mass is 288 g/mol. The smallest absolute Gasteiger partial charge is 0.251 e.